The zero-order valence-electron chi connectivity index (χ0n) is 14.3. The predicted molar refractivity (Wildman–Crippen MR) is 102 cm³/mol. The van der Waals surface area contributed by atoms with Gasteiger partial charge in [0.1, 0.15) is 5.75 Å². The van der Waals surface area contributed by atoms with Gasteiger partial charge in [-0.3, -0.25) is 9.59 Å². The Morgan fingerprint density at radius 2 is 1.38 bits per heavy atom. The zero-order valence-corrected chi connectivity index (χ0v) is 14.3. The number of aryl methyl sites for hydroxylation is 1. The molecule has 0 aromatic heterocycles. The number of Topliss-reactive ketones (excluding diaryl/α,β-unsaturated/α-hetero) is 2. The van der Waals surface area contributed by atoms with Crippen molar-refractivity contribution >= 4 is 17.6 Å². The smallest absolute Gasteiger partial charge is 0.200 e. The molecule has 0 unspecified atom stereocenters. The molecule has 0 aliphatic carbocycles. The molecule has 0 fully saturated rings. The molecule has 0 heterocycles. The molecule has 0 radical (unpaired) electrons. The highest BCUT2D eigenvalue weighted by molar-refractivity contribution is 6.33. The van der Waals surface area contributed by atoms with Crippen molar-refractivity contribution in [2.45, 2.75) is 6.92 Å². The fourth-order valence-electron chi connectivity index (χ4n) is 2.62. The fraction of sp³-hybridized carbons (Fsp3) is 0.0435. The SMILES string of the molecule is Cc1ccc(C(=O)/C(=C\c2ccccc2)C(=O)c2ccccc2O)cc1. The van der Waals surface area contributed by atoms with Crippen molar-refractivity contribution in [2.75, 3.05) is 0 Å². The van der Waals surface area contributed by atoms with E-state index in [2.05, 4.69) is 0 Å². The van der Waals surface area contributed by atoms with Gasteiger partial charge in [0.15, 0.2) is 5.78 Å². The molecule has 0 aliphatic rings. The molecule has 3 aromatic rings. The van der Waals surface area contributed by atoms with Gasteiger partial charge >= 0.3 is 0 Å². The second kappa shape index (κ2) is 7.62. The number of hydrogen-bond acceptors (Lipinski definition) is 3. The minimum absolute atomic E-state index is 0.0153. The maximum absolute atomic E-state index is 13.0. The first-order valence-corrected chi connectivity index (χ1v) is 8.27. The minimum atomic E-state index is -0.502. The van der Waals surface area contributed by atoms with Crippen LogP contribution in [0, 0.1) is 6.92 Å². The van der Waals surface area contributed by atoms with Crippen LogP contribution in [0.2, 0.25) is 0 Å². The number of phenols is 1. The van der Waals surface area contributed by atoms with Crippen molar-refractivity contribution in [1.82, 2.24) is 0 Å². The number of carbonyl (C=O) groups is 2. The van der Waals surface area contributed by atoms with Crippen LogP contribution in [0.5, 0.6) is 5.75 Å². The van der Waals surface area contributed by atoms with Crippen LogP contribution >= 0.6 is 0 Å². The summed E-state index contributed by atoms with van der Waals surface area (Å²) in [5.41, 5.74) is 2.33. The van der Waals surface area contributed by atoms with Crippen LogP contribution in [0.1, 0.15) is 31.8 Å². The van der Waals surface area contributed by atoms with E-state index in [0.29, 0.717) is 5.56 Å². The lowest BCUT2D eigenvalue weighted by Crippen LogP contribution is -2.14. The number of hydrogen-bond donors (Lipinski definition) is 1. The van der Waals surface area contributed by atoms with Crippen LogP contribution in [-0.2, 0) is 0 Å². The van der Waals surface area contributed by atoms with Crippen LogP contribution in [-0.4, -0.2) is 16.7 Å². The lowest BCUT2D eigenvalue weighted by Gasteiger charge is -2.09. The number of allylic oxidation sites excluding steroid dienone is 1. The van der Waals surface area contributed by atoms with Gasteiger partial charge in [-0.05, 0) is 30.7 Å². The van der Waals surface area contributed by atoms with Gasteiger partial charge in [-0.15, -0.1) is 0 Å². The Labute approximate surface area is 152 Å². The number of rotatable bonds is 5. The van der Waals surface area contributed by atoms with E-state index in [9.17, 15) is 14.7 Å². The molecule has 0 spiro atoms. The van der Waals surface area contributed by atoms with Gasteiger partial charge in [0.2, 0.25) is 5.78 Å². The number of aromatic hydroxyl groups is 1. The first-order chi connectivity index (χ1) is 12.6. The Hall–Kier alpha value is -3.46. The highest BCUT2D eigenvalue weighted by Crippen LogP contribution is 2.23. The Morgan fingerprint density at radius 3 is 2.04 bits per heavy atom. The molecule has 0 saturated heterocycles. The van der Waals surface area contributed by atoms with E-state index < -0.39 is 5.78 Å². The summed E-state index contributed by atoms with van der Waals surface area (Å²) in [4.78, 5) is 26.0. The maximum Gasteiger partial charge on any atom is 0.200 e. The van der Waals surface area contributed by atoms with Gasteiger partial charge in [0, 0.05) is 5.56 Å². The second-order valence-corrected chi connectivity index (χ2v) is 6.01. The first kappa shape index (κ1) is 17.4. The third-order valence-corrected chi connectivity index (χ3v) is 4.06. The number of benzene rings is 3. The summed E-state index contributed by atoms with van der Waals surface area (Å²) in [5.74, 6) is -1.02. The summed E-state index contributed by atoms with van der Waals surface area (Å²) in [6.45, 7) is 1.93. The average molecular weight is 342 g/mol. The van der Waals surface area contributed by atoms with Crippen LogP contribution < -0.4 is 0 Å². The molecule has 3 heteroatoms. The van der Waals surface area contributed by atoms with Crippen molar-refractivity contribution in [3.63, 3.8) is 0 Å². The molecule has 3 nitrogen and oxygen atoms in total. The van der Waals surface area contributed by atoms with E-state index in [1.54, 1.807) is 30.3 Å². The van der Waals surface area contributed by atoms with Crippen LogP contribution in [0.3, 0.4) is 0 Å². The highest BCUT2D eigenvalue weighted by Gasteiger charge is 2.23. The molecule has 0 amide bonds. The summed E-state index contributed by atoms with van der Waals surface area (Å²) >= 11 is 0. The van der Waals surface area contributed by atoms with E-state index >= 15 is 0 Å². The van der Waals surface area contributed by atoms with Crippen molar-refractivity contribution in [3.05, 3.63) is 107 Å². The van der Waals surface area contributed by atoms with Gasteiger partial charge in [0.25, 0.3) is 0 Å². The van der Waals surface area contributed by atoms with Crippen LogP contribution in [0.4, 0.5) is 0 Å². The van der Waals surface area contributed by atoms with Crippen LogP contribution in [0.15, 0.2) is 84.4 Å². The standard InChI is InChI=1S/C23H18O3/c1-16-11-13-18(14-12-16)22(25)20(15-17-7-3-2-4-8-17)23(26)19-9-5-6-10-21(19)24/h2-15,24H,1H3/b20-15+. The molecule has 0 bridgehead atoms. The highest BCUT2D eigenvalue weighted by atomic mass is 16.3. The Bertz CT molecular complexity index is 968. The average Bonchev–Trinajstić information content (AvgIpc) is 2.67. The second-order valence-electron chi connectivity index (χ2n) is 6.01. The van der Waals surface area contributed by atoms with Crippen LogP contribution in [0.25, 0.3) is 6.08 Å². The van der Waals surface area contributed by atoms with E-state index in [4.69, 9.17) is 0 Å². The molecule has 3 rings (SSSR count). The molecule has 128 valence electrons. The number of ketones is 2. The van der Waals surface area contributed by atoms with Gasteiger partial charge < -0.3 is 5.11 Å². The van der Waals surface area contributed by atoms with Gasteiger partial charge in [-0.25, -0.2) is 0 Å². The predicted octanol–water partition coefficient (Wildman–Crippen LogP) is 4.85. The largest absolute Gasteiger partial charge is 0.507 e. The third kappa shape index (κ3) is 3.78. The molecule has 0 aliphatic heterocycles. The summed E-state index contributed by atoms with van der Waals surface area (Å²) in [6, 6.07) is 22.5. The summed E-state index contributed by atoms with van der Waals surface area (Å²) in [7, 11) is 0. The van der Waals surface area contributed by atoms with Crippen molar-refractivity contribution in [3.8, 4) is 5.75 Å². The molecular formula is C23H18O3. The summed E-state index contributed by atoms with van der Waals surface area (Å²) in [5, 5.41) is 10.0. The lowest BCUT2D eigenvalue weighted by molar-refractivity contribution is 0.0963. The monoisotopic (exact) mass is 342 g/mol. The Kier molecular flexibility index (Phi) is 5.09. The van der Waals surface area contributed by atoms with Gasteiger partial charge in [-0.2, -0.15) is 0 Å². The quantitative estimate of drug-likeness (QED) is 0.312. The topological polar surface area (TPSA) is 54.4 Å². The minimum Gasteiger partial charge on any atom is -0.507 e. The van der Waals surface area contributed by atoms with Gasteiger partial charge in [0.05, 0.1) is 11.1 Å². The summed E-state index contributed by atoms with van der Waals surface area (Å²) < 4.78 is 0. The Morgan fingerprint density at radius 1 is 0.769 bits per heavy atom. The molecule has 0 saturated carbocycles. The molecule has 0 atom stereocenters. The maximum atomic E-state index is 13.0. The van der Waals surface area contributed by atoms with Gasteiger partial charge in [-0.1, -0.05) is 72.3 Å². The third-order valence-electron chi connectivity index (χ3n) is 4.06. The van der Waals surface area contributed by atoms with Crippen molar-refractivity contribution in [2.24, 2.45) is 0 Å². The van der Waals surface area contributed by atoms with E-state index in [-0.39, 0.29) is 22.7 Å². The van der Waals surface area contributed by atoms with E-state index in [0.717, 1.165) is 11.1 Å². The molecular weight excluding hydrogens is 324 g/mol. The zero-order chi connectivity index (χ0) is 18.5. The number of para-hydroxylation sites is 1. The molecule has 26 heavy (non-hydrogen) atoms. The summed E-state index contributed by atoms with van der Waals surface area (Å²) in [6.07, 6.45) is 1.57. The normalized spacial score (nSPS) is 11.2. The van der Waals surface area contributed by atoms with E-state index in [1.165, 1.54) is 12.1 Å². The van der Waals surface area contributed by atoms with Crippen molar-refractivity contribution in [1.29, 1.82) is 0 Å². The molecule has 3 aromatic carbocycles. The fourth-order valence-corrected chi connectivity index (χ4v) is 2.62. The number of phenolic OH excluding ortho intramolecular Hbond substituents is 1. The molecule has 1 N–H and O–H groups in total. The Balaban J connectivity index is 2.09. The lowest BCUT2D eigenvalue weighted by atomic mass is 9.93. The van der Waals surface area contributed by atoms with E-state index in [1.807, 2.05) is 49.4 Å². The first-order valence-electron chi connectivity index (χ1n) is 8.27. The number of carbonyl (C=O) groups excluding carboxylic acids is 2. The van der Waals surface area contributed by atoms with Crippen molar-refractivity contribution < 1.29 is 14.7 Å².